The Morgan fingerprint density at radius 2 is 2.19 bits per heavy atom. The standard InChI is InChI=1S/C11H13ClN4/c1-2-3-11-13-6-7-16(11)8-9-4-5-10(12)15-14-9/h4-7H,2-3,8H2,1H3. The van der Waals surface area contributed by atoms with Crippen molar-refractivity contribution in [2.75, 3.05) is 0 Å². The normalized spacial score (nSPS) is 10.6. The Morgan fingerprint density at radius 1 is 1.31 bits per heavy atom. The van der Waals surface area contributed by atoms with Gasteiger partial charge in [-0.3, -0.25) is 0 Å². The Hall–Kier alpha value is -1.42. The lowest BCUT2D eigenvalue weighted by atomic mass is 10.3. The molecule has 2 heterocycles. The Balaban J connectivity index is 2.13. The lowest BCUT2D eigenvalue weighted by molar-refractivity contribution is 0.684. The van der Waals surface area contributed by atoms with E-state index in [0.29, 0.717) is 11.7 Å². The Morgan fingerprint density at radius 3 is 2.88 bits per heavy atom. The van der Waals surface area contributed by atoms with Gasteiger partial charge in [0, 0.05) is 18.8 Å². The van der Waals surface area contributed by atoms with Gasteiger partial charge in [-0.1, -0.05) is 18.5 Å². The van der Waals surface area contributed by atoms with E-state index in [0.717, 1.165) is 24.4 Å². The molecule has 2 rings (SSSR count). The van der Waals surface area contributed by atoms with Crippen LogP contribution in [0.5, 0.6) is 0 Å². The van der Waals surface area contributed by atoms with Crippen molar-refractivity contribution in [2.45, 2.75) is 26.3 Å². The molecule has 0 bridgehead atoms. The van der Waals surface area contributed by atoms with Crippen LogP contribution in [0.3, 0.4) is 0 Å². The molecule has 16 heavy (non-hydrogen) atoms. The molecule has 0 amide bonds. The van der Waals surface area contributed by atoms with Gasteiger partial charge in [-0.05, 0) is 18.6 Å². The topological polar surface area (TPSA) is 43.6 Å². The van der Waals surface area contributed by atoms with Crippen LogP contribution < -0.4 is 0 Å². The van der Waals surface area contributed by atoms with Crippen LogP contribution in [0.25, 0.3) is 0 Å². The van der Waals surface area contributed by atoms with E-state index < -0.39 is 0 Å². The first-order valence-electron chi connectivity index (χ1n) is 5.27. The average molecular weight is 237 g/mol. The van der Waals surface area contributed by atoms with Crippen LogP contribution in [0.1, 0.15) is 24.9 Å². The van der Waals surface area contributed by atoms with E-state index in [9.17, 15) is 0 Å². The Kier molecular flexibility index (Phi) is 3.51. The zero-order valence-corrected chi connectivity index (χ0v) is 9.85. The van der Waals surface area contributed by atoms with Gasteiger partial charge in [0.25, 0.3) is 0 Å². The monoisotopic (exact) mass is 236 g/mol. The van der Waals surface area contributed by atoms with Gasteiger partial charge in [0.2, 0.25) is 0 Å². The number of imidazole rings is 1. The summed E-state index contributed by atoms with van der Waals surface area (Å²) < 4.78 is 2.08. The predicted molar refractivity (Wildman–Crippen MR) is 62.4 cm³/mol. The van der Waals surface area contributed by atoms with E-state index in [1.54, 1.807) is 6.07 Å². The molecule has 0 saturated heterocycles. The van der Waals surface area contributed by atoms with Gasteiger partial charge in [-0.2, -0.15) is 5.10 Å². The minimum atomic E-state index is 0.420. The van der Waals surface area contributed by atoms with Crippen molar-refractivity contribution in [1.82, 2.24) is 19.7 Å². The van der Waals surface area contributed by atoms with E-state index in [1.165, 1.54) is 0 Å². The fourth-order valence-corrected chi connectivity index (χ4v) is 1.64. The Bertz CT molecular complexity index is 449. The van der Waals surface area contributed by atoms with Crippen LogP contribution >= 0.6 is 11.6 Å². The molecular weight excluding hydrogens is 224 g/mol. The fraction of sp³-hybridized carbons (Fsp3) is 0.364. The van der Waals surface area contributed by atoms with Crippen LogP contribution in [0.4, 0.5) is 0 Å². The summed E-state index contributed by atoms with van der Waals surface area (Å²) in [6.07, 6.45) is 5.84. The summed E-state index contributed by atoms with van der Waals surface area (Å²) in [6, 6.07) is 3.63. The van der Waals surface area contributed by atoms with Crippen LogP contribution in [0, 0.1) is 0 Å². The van der Waals surface area contributed by atoms with Crippen molar-refractivity contribution < 1.29 is 0 Å². The van der Waals surface area contributed by atoms with Gasteiger partial charge in [0.15, 0.2) is 5.15 Å². The summed E-state index contributed by atoms with van der Waals surface area (Å²) in [6.45, 7) is 2.83. The molecule has 4 nitrogen and oxygen atoms in total. The third-order valence-electron chi connectivity index (χ3n) is 2.29. The molecule has 2 aromatic heterocycles. The molecule has 0 aromatic carbocycles. The molecule has 0 unspecified atom stereocenters. The summed E-state index contributed by atoms with van der Waals surface area (Å²) in [7, 11) is 0. The van der Waals surface area contributed by atoms with Crippen LogP contribution in [-0.2, 0) is 13.0 Å². The molecule has 0 aliphatic heterocycles. The van der Waals surface area contributed by atoms with Crippen LogP contribution in [0.15, 0.2) is 24.5 Å². The molecule has 0 radical (unpaired) electrons. The highest BCUT2D eigenvalue weighted by Crippen LogP contribution is 2.07. The van der Waals surface area contributed by atoms with Crippen molar-refractivity contribution in [3.8, 4) is 0 Å². The van der Waals surface area contributed by atoms with Gasteiger partial charge in [-0.25, -0.2) is 4.98 Å². The smallest absolute Gasteiger partial charge is 0.151 e. The molecular formula is C11H13ClN4. The molecule has 0 N–H and O–H groups in total. The lowest BCUT2D eigenvalue weighted by Gasteiger charge is -2.05. The lowest BCUT2D eigenvalue weighted by Crippen LogP contribution is -2.06. The number of halogens is 1. The second-order valence-corrected chi connectivity index (χ2v) is 3.96. The summed E-state index contributed by atoms with van der Waals surface area (Å²) in [4.78, 5) is 4.31. The van der Waals surface area contributed by atoms with E-state index >= 15 is 0 Å². The summed E-state index contributed by atoms with van der Waals surface area (Å²) in [5.41, 5.74) is 0.889. The number of hydrogen-bond donors (Lipinski definition) is 0. The van der Waals surface area contributed by atoms with E-state index in [4.69, 9.17) is 11.6 Å². The van der Waals surface area contributed by atoms with Crippen molar-refractivity contribution in [3.05, 3.63) is 41.2 Å². The maximum atomic E-state index is 5.68. The summed E-state index contributed by atoms with van der Waals surface area (Å²) >= 11 is 5.68. The van der Waals surface area contributed by atoms with E-state index in [1.807, 2.05) is 18.5 Å². The largest absolute Gasteiger partial charge is 0.329 e. The quantitative estimate of drug-likeness (QED) is 0.818. The average Bonchev–Trinajstić information content (AvgIpc) is 2.70. The number of nitrogens with zero attached hydrogens (tertiary/aromatic N) is 4. The number of rotatable bonds is 4. The van der Waals surface area contributed by atoms with Gasteiger partial charge in [0.05, 0.1) is 12.2 Å². The number of hydrogen-bond acceptors (Lipinski definition) is 3. The van der Waals surface area contributed by atoms with Crippen LogP contribution in [-0.4, -0.2) is 19.7 Å². The molecule has 0 spiro atoms. The minimum absolute atomic E-state index is 0.420. The maximum absolute atomic E-state index is 5.68. The highest BCUT2D eigenvalue weighted by atomic mass is 35.5. The van der Waals surface area contributed by atoms with E-state index in [-0.39, 0.29) is 0 Å². The van der Waals surface area contributed by atoms with E-state index in [2.05, 4.69) is 26.7 Å². The summed E-state index contributed by atoms with van der Waals surface area (Å²) in [5.74, 6) is 1.08. The van der Waals surface area contributed by atoms with Gasteiger partial charge in [-0.15, -0.1) is 5.10 Å². The van der Waals surface area contributed by atoms with Crippen molar-refractivity contribution in [1.29, 1.82) is 0 Å². The van der Waals surface area contributed by atoms with Crippen molar-refractivity contribution >= 4 is 11.6 Å². The second-order valence-electron chi connectivity index (χ2n) is 3.57. The first kappa shape index (κ1) is 11.1. The third-order valence-corrected chi connectivity index (χ3v) is 2.50. The second kappa shape index (κ2) is 5.07. The van der Waals surface area contributed by atoms with Gasteiger partial charge < -0.3 is 4.57 Å². The fourth-order valence-electron chi connectivity index (χ4n) is 1.54. The zero-order valence-electron chi connectivity index (χ0n) is 9.10. The Labute approximate surface area is 99.3 Å². The predicted octanol–water partition coefficient (Wildman–Crippen LogP) is 2.33. The molecule has 0 aliphatic carbocycles. The van der Waals surface area contributed by atoms with Crippen molar-refractivity contribution in [2.24, 2.45) is 0 Å². The third kappa shape index (κ3) is 2.58. The van der Waals surface area contributed by atoms with Gasteiger partial charge >= 0.3 is 0 Å². The zero-order chi connectivity index (χ0) is 11.4. The molecule has 2 aromatic rings. The van der Waals surface area contributed by atoms with Crippen LogP contribution in [0.2, 0.25) is 5.15 Å². The number of aryl methyl sites for hydroxylation is 1. The first-order chi connectivity index (χ1) is 7.79. The number of aromatic nitrogens is 4. The minimum Gasteiger partial charge on any atom is -0.329 e. The molecule has 0 aliphatic rings. The highest BCUT2D eigenvalue weighted by Gasteiger charge is 2.03. The maximum Gasteiger partial charge on any atom is 0.151 e. The SMILES string of the molecule is CCCc1nccn1Cc1ccc(Cl)nn1. The highest BCUT2D eigenvalue weighted by molar-refractivity contribution is 6.29. The first-order valence-corrected chi connectivity index (χ1v) is 5.65. The summed E-state index contributed by atoms with van der Waals surface area (Å²) in [5, 5.41) is 8.26. The molecule has 0 saturated carbocycles. The van der Waals surface area contributed by atoms with Crippen molar-refractivity contribution in [3.63, 3.8) is 0 Å². The molecule has 5 heteroatoms. The molecule has 0 atom stereocenters. The molecule has 0 fully saturated rings. The molecule has 84 valence electrons. The van der Waals surface area contributed by atoms with Gasteiger partial charge in [0.1, 0.15) is 5.82 Å².